The third kappa shape index (κ3) is 2.16. The molecule has 20 heavy (non-hydrogen) atoms. The number of likely N-dealkylation sites (tertiary alicyclic amines) is 1. The second-order valence-corrected chi connectivity index (χ2v) is 5.06. The zero-order valence-electron chi connectivity index (χ0n) is 11.1. The predicted molar refractivity (Wildman–Crippen MR) is 70.8 cm³/mol. The van der Waals surface area contributed by atoms with Gasteiger partial charge in [0.15, 0.2) is 0 Å². The van der Waals surface area contributed by atoms with E-state index in [4.69, 9.17) is 0 Å². The normalized spacial score (nSPS) is 16.8. The number of hydrogen-bond acceptors (Lipinski definition) is 5. The number of carbonyl (C=O) groups excluding carboxylic acids is 1. The first-order valence-corrected chi connectivity index (χ1v) is 6.47. The van der Waals surface area contributed by atoms with Crippen molar-refractivity contribution >= 4 is 5.91 Å². The number of hydrogen-bond donors (Lipinski definition) is 2. The van der Waals surface area contributed by atoms with Gasteiger partial charge in [-0.1, -0.05) is 19.1 Å². The average Bonchev–Trinajstić information content (AvgIpc) is 2.97. The first-order valence-electron chi connectivity index (χ1n) is 6.47. The molecular weight excluding hydrogens is 258 g/mol. The van der Waals surface area contributed by atoms with E-state index < -0.39 is 5.60 Å². The molecule has 2 N–H and O–H groups in total. The van der Waals surface area contributed by atoms with E-state index in [2.05, 4.69) is 20.6 Å². The minimum absolute atomic E-state index is 0.0894. The smallest absolute Gasteiger partial charge is 0.254 e. The molecule has 0 unspecified atom stereocenters. The molecule has 3 rings (SSSR count). The Morgan fingerprint density at radius 2 is 2.30 bits per heavy atom. The molecule has 1 aliphatic rings. The summed E-state index contributed by atoms with van der Waals surface area (Å²) in [7, 11) is 0. The molecule has 7 heteroatoms. The van der Waals surface area contributed by atoms with Gasteiger partial charge < -0.3 is 10.0 Å². The van der Waals surface area contributed by atoms with Crippen molar-refractivity contribution in [3.63, 3.8) is 0 Å². The molecule has 2 aromatic rings. The quantitative estimate of drug-likeness (QED) is 0.847. The Kier molecular flexibility index (Phi) is 2.98. The zero-order valence-corrected chi connectivity index (χ0v) is 11.1. The largest absolute Gasteiger partial charge is 0.386 e. The van der Waals surface area contributed by atoms with Crippen molar-refractivity contribution in [3.8, 4) is 11.4 Å². The van der Waals surface area contributed by atoms with Gasteiger partial charge in [-0.25, -0.2) is 0 Å². The molecule has 0 atom stereocenters. The van der Waals surface area contributed by atoms with Crippen LogP contribution in [0.5, 0.6) is 0 Å². The van der Waals surface area contributed by atoms with Crippen LogP contribution < -0.4 is 0 Å². The molecule has 0 spiro atoms. The SMILES string of the molecule is CCC1(O)CN(C(=O)c2cccc(-c3nn[nH]n3)c2)C1. The Bertz CT molecular complexity index is 619. The molecule has 0 bridgehead atoms. The third-order valence-electron chi connectivity index (χ3n) is 3.63. The second-order valence-electron chi connectivity index (χ2n) is 5.06. The van der Waals surface area contributed by atoms with Crippen LogP contribution in [0.15, 0.2) is 24.3 Å². The van der Waals surface area contributed by atoms with Gasteiger partial charge in [0.25, 0.3) is 5.91 Å². The summed E-state index contributed by atoms with van der Waals surface area (Å²) in [6.07, 6.45) is 0.652. The fourth-order valence-corrected chi connectivity index (χ4v) is 2.29. The highest BCUT2D eigenvalue weighted by atomic mass is 16.3. The van der Waals surface area contributed by atoms with Crippen molar-refractivity contribution in [2.24, 2.45) is 0 Å². The van der Waals surface area contributed by atoms with Gasteiger partial charge in [0.1, 0.15) is 0 Å². The Labute approximate surface area is 115 Å². The van der Waals surface area contributed by atoms with Crippen molar-refractivity contribution in [2.75, 3.05) is 13.1 Å². The molecule has 2 heterocycles. The number of aromatic nitrogens is 4. The molecule has 1 saturated heterocycles. The molecule has 1 aromatic carbocycles. The van der Waals surface area contributed by atoms with Crippen molar-refractivity contribution in [2.45, 2.75) is 18.9 Å². The van der Waals surface area contributed by atoms with Gasteiger partial charge in [0.2, 0.25) is 5.82 Å². The number of carbonyl (C=O) groups is 1. The van der Waals surface area contributed by atoms with Gasteiger partial charge in [-0.3, -0.25) is 4.79 Å². The van der Waals surface area contributed by atoms with E-state index in [1.807, 2.05) is 13.0 Å². The molecule has 7 nitrogen and oxygen atoms in total. The van der Waals surface area contributed by atoms with Gasteiger partial charge in [-0.2, -0.15) is 5.21 Å². The summed E-state index contributed by atoms with van der Waals surface area (Å²) >= 11 is 0. The Hall–Kier alpha value is -2.28. The van der Waals surface area contributed by atoms with E-state index in [0.29, 0.717) is 30.9 Å². The van der Waals surface area contributed by atoms with E-state index in [-0.39, 0.29) is 5.91 Å². The molecular formula is C13H15N5O2. The third-order valence-corrected chi connectivity index (χ3v) is 3.63. The van der Waals surface area contributed by atoms with Crippen LogP contribution in [0.4, 0.5) is 0 Å². The molecule has 1 aromatic heterocycles. The standard InChI is InChI=1S/C13H15N5O2/c1-2-13(20)7-18(8-13)12(19)10-5-3-4-9(6-10)11-14-16-17-15-11/h3-6,20H,2,7-8H2,1H3,(H,14,15,16,17). The topological polar surface area (TPSA) is 95.0 Å². The Morgan fingerprint density at radius 3 is 2.95 bits per heavy atom. The van der Waals surface area contributed by atoms with Gasteiger partial charge in [0.05, 0.1) is 18.7 Å². The summed E-state index contributed by atoms with van der Waals surface area (Å²) in [5, 5.41) is 23.6. The summed E-state index contributed by atoms with van der Waals surface area (Å²) in [6, 6.07) is 7.08. The number of nitrogens with zero attached hydrogens (tertiary/aromatic N) is 4. The molecule has 1 fully saturated rings. The maximum atomic E-state index is 12.3. The number of aromatic amines is 1. The molecule has 104 valence electrons. The highest BCUT2D eigenvalue weighted by Crippen LogP contribution is 2.26. The summed E-state index contributed by atoms with van der Waals surface area (Å²) in [5.41, 5.74) is 0.572. The van der Waals surface area contributed by atoms with Crippen molar-refractivity contribution in [1.29, 1.82) is 0 Å². The van der Waals surface area contributed by atoms with E-state index in [9.17, 15) is 9.90 Å². The van der Waals surface area contributed by atoms with E-state index in [0.717, 1.165) is 5.56 Å². The molecule has 0 radical (unpaired) electrons. The van der Waals surface area contributed by atoms with Crippen molar-refractivity contribution < 1.29 is 9.90 Å². The molecule has 1 amide bonds. The summed E-state index contributed by atoms with van der Waals surface area (Å²) in [5.74, 6) is 0.363. The highest BCUT2D eigenvalue weighted by molar-refractivity contribution is 5.96. The lowest BCUT2D eigenvalue weighted by Crippen LogP contribution is -2.63. The van der Waals surface area contributed by atoms with Crippen LogP contribution in [0.25, 0.3) is 11.4 Å². The number of amides is 1. The number of H-pyrrole nitrogens is 1. The highest BCUT2D eigenvalue weighted by Gasteiger charge is 2.42. The molecule has 1 aliphatic heterocycles. The van der Waals surface area contributed by atoms with Crippen LogP contribution >= 0.6 is 0 Å². The van der Waals surface area contributed by atoms with Crippen LogP contribution in [-0.2, 0) is 0 Å². The fourth-order valence-electron chi connectivity index (χ4n) is 2.29. The van der Waals surface area contributed by atoms with Gasteiger partial charge in [-0.15, -0.1) is 10.2 Å². The van der Waals surface area contributed by atoms with Crippen LogP contribution in [0, 0.1) is 0 Å². The van der Waals surface area contributed by atoms with E-state index >= 15 is 0 Å². The lowest BCUT2D eigenvalue weighted by molar-refractivity contribution is -0.0826. The van der Waals surface area contributed by atoms with Gasteiger partial charge in [0, 0.05) is 11.1 Å². The first kappa shape index (κ1) is 12.7. The monoisotopic (exact) mass is 273 g/mol. The Balaban J connectivity index is 1.78. The number of aliphatic hydroxyl groups is 1. The second kappa shape index (κ2) is 4.68. The summed E-state index contributed by atoms with van der Waals surface area (Å²) < 4.78 is 0. The maximum Gasteiger partial charge on any atom is 0.254 e. The number of rotatable bonds is 3. The summed E-state index contributed by atoms with van der Waals surface area (Å²) in [4.78, 5) is 13.9. The van der Waals surface area contributed by atoms with Crippen LogP contribution in [0.3, 0.4) is 0 Å². The van der Waals surface area contributed by atoms with Gasteiger partial charge in [-0.05, 0) is 23.8 Å². The lowest BCUT2D eigenvalue weighted by atomic mass is 9.90. The average molecular weight is 273 g/mol. The number of nitrogens with one attached hydrogen (secondary N) is 1. The zero-order chi connectivity index (χ0) is 14.2. The maximum absolute atomic E-state index is 12.3. The van der Waals surface area contributed by atoms with Gasteiger partial charge >= 0.3 is 0 Å². The molecule has 0 aliphatic carbocycles. The van der Waals surface area contributed by atoms with Crippen molar-refractivity contribution in [1.82, 2.24) is 25.5 Å². The minimum atomic E-state index is -0.721. The Morgan fingerprint density at radius 1 is 1.50 bits per heavy atom. The van der Waals surface area contributed by atoms with E-state index in [1.165, 1.54) is 0 Å². The minimum Gasteiger partial charge on any atom is -0.386 e. The number of β-amino-alcohol motifs (C(OH)–C–C–N with tert-alkyl or cyclic N) is 1. The number of tetrazole rings is 1. The molecule has 0 saturated carbocycles. The van der Waals surface area contributed by atoms with Crippen LogP contribution in [0.1, 0.15) is 23.7 Å². The fraction of sp³-hybridized carbons (Fsp3) is 0.385. The summed E-state index contributed by atoms with van der Waals surface area (Å²) in [6.45, 7) is 2.68. The number of benzene rings is 1. The first-order chi connectivity index (χ1) is 9.61. The van der Waals surface area contributed by atoms with Crippen LogP contribution in [0.2, 0.25) is 0 Å². The van der Waals surface area contributed by atoms with Crippen LogP contribution in [-0.4, -0.2) is 55.2 Å². The lowest BCUT2D eigenvalue weighted by Gasteiger charge is -2.46. The predicted octanol–water partition coefficient (Wildman–Crippen LogP) is 0.464. The van der Waals surface area contributed by atoms with Crippen molar-refractivity contribution in [3.05, 3.63) is 29.8 Å². The van der Waals surface area contributed by atoms with E-state index in [1.54, 1.807) is 23.1 Å².